The van der Waals surface area contributed by atoms with Gasteiger partial charge in [-0.1, -0.05) is 11.6 Å². The van der Waals surface area contributed by atoms with E-state index in [4.69, 9.17) is 11.6 Å². The van der Waals surface area contributed by atoms with Gasteiger partial charge in [0.2, 0.25) is 5.91 Å². The summed E-state index contributed by atoms with van der Waals surface area (Å²) in [5, 5.41) is 7.05. The van der Waals surface area contributed by atoms with Crippen molar-refractivity contribution >= 4 is 23.3 Å². The van der Waals surface area contributed by atoms with Gasteiger partial charge in [0.15, 0.2) is 16.8 Å². The van der Waals surface area contributed by atoms with E-state index in [0.717, 1.165) is 11.3 Å². The molecule has 0 aliphatic carbocycles. The van der Waals surface area contributed by atoms with Gasteiger partial charge in [-0.3, -0.25) is 19.8 Å². The molecular formula is C18H15ClFN5O. The first kappa shape index (κ1) is 16.7. The number of rotatable bonds is 4. The van der Waals surface area contributed by atoms with Crippen molar-refractivity contribution < 1.29 is 9.18 Å². The molecule has 26 heavy (non-hydrogen) atoms. The van der Waals surface area contributed by atoms with Crippen LogP contribution in [0.25, 0.3) is 11.3 Å². The number of pyridine rings is 2. The molecule has 0 aromatic carbocycles. The van der Waals surface area contributed by atoms with Crippen LogP contribution in [0.1, 0.15) is 12.0 Å². The van der Waals surface area contributed by atoms with Crippen LogP contribution in [0.15, 0.2) is 42.9 Å². The summed E-state index contributed by atoms with van der Waals surface area (Å²) in [5.74, 6) is -0.225. The van der Waals surface area contributed by atoms with Crippen LogP contribution in [0, 0.1) is 11.7 Å². The molecule has 132 valence electrons. The maximum atomic E-state index is 13.5. The highest BCUT2D eigenvalue weighted by Crippen LogP contribution is 2.29. The van der Waals surface area contributed by atoms with Crippen molar-refractivity contribution in [3.63, 3.8) is 0 Å². The number of nitrogens with one attached hydrogen (secondary N) is 1. The van der Waals surface area contributed by atoms with E-state index in [1.165, 1.54) is 12.3 Å². The number of anilines is 1. The molecule has 1 atom stereocenters. The van der Waals surface area contributed by atoms with Gasteiger partial charge in [-0.05, 0) is 36.6 Å². The Bertz CT molecular complexity index is 946. The third kappa shape index (κ3) is 3.17. The van der Waals surface area contributed by atoms with Crippen LogP contribution in [0.3, 0.4) is 0 Å². The molecule has 0 spiro atoms. The Morgan fingerprint density at radius 3 is 2.88 bits per heavy atom. The highest BCUT2D eigenvalue weighted by molar-refractivity contribution is 6.29. The molecule has 0 bridgehead atoms. The molecular weight excluding hydrogens is 357 g/mol. The number of hydrogen-bond acceptors (Lipinski definition) is 4. The van der Waals surface area contributed by atoms with E-state index >= 15 is 0 Å². The zero-order valence-electron chi connectivity index (χ0n) is 13.7. The SMILES string of the molecule is O=C1[C@@H](Cc2cnc(Cl)c(F)c2)CCN1c1cc(-c2ccncc2)[nH]n1. The maximum Gasteiger partial charge on any atom is 0.231 e. The van der Waals surface area contributed by atoms with Crippen LogP contribution in [0.4, 0.5) is 10.2 Å². The van der Waals surface area contributed by atoms with Crippen LogP contribution in [-0.2, 0) is 11.2 Å². The molecule has 0 unspecified atom stereocenters. The number of amides is 1. The van der Waals surface area contributed by atoms with Gasteiger partial charge >= 0.3 is 0 Å². The molecule has 1 aliphatic rings. The smallest absolute Gasteiger partial charge is 0.231 e. The average molecular weight is 372 g/mol. The van der Waals surface area contributed by atoms with Crippen molar-refractivity contribution in [3.8, 4) is 11.3 Å². The minimum absolute atomic E-state index is 0.0202. The van der Waals surface area contributed by atoms with Crippen LogP contribution in [0.2, 0.25) is 5.15 Å². The summed E-state index contributed by atoms with van der Waals surface area (Å²) in [7, 11) is 0. The lowest BCUT2D eigenvalue weighted by Crippen LogP contribution is -2.28. The summed E-state index contributed by atoms with van der Waals surface area (Å²) in [6.45, 7) is 0.577. The van der Waals surface area contributed by atoms with Gasteiger partial charge < -0.3 is 0 Å². The number of aromatic nitrogens is 4. The summed E-state index contributed by atoms with van der Waals surface area (Å²) in [6.07, 6.45) is 6.02. The highest BCUT2D eigenvalue weighted by Gasteiger charge is 2.34. The second-order valence-electron chi connectivity index (χ2n) is 6.17. The quantitative estimate of drug-likeness (QED) is 0.714. The lowest BCUT2D eigenvalue weighted by Gasteiger charge is -2.13. The molecule has 1 saturated heterocycles. The van der Waals surface area contributed by atoms with Crippen molar-refractivity contribution in [2.45, 2.75) is 12.8 Å². The average Bonchev–Trinajstić information content (AvgIpc) is 3.27. The molecule has 0 saturated carbocycles. The van der Waals surface area contributed by atoms with Crippen LogP contribution in [0.5, 0.6) is 0 Å². The zero-order valence-corrected chi connectivity index (χ0v) is 14.4. The Kier molecular flexibility index (Phi) is 4.38. The van der Waals surface area contributed by atoms with Crippen LogP contribution < -0.4 is 4.90 Å². The summed E-state index contributed by atoms with van der Waals surface area (Å²) in [5.41, 5.74) is 2.43. The van der Waals surface area contributed by atoms with E-state index in [0.29, 0.717) is 30.8 Å². The van der Waals surface area contributed by atoms with Crippen molar-refractivity contribution in [2.75, 3.05) is 11.4 Å². The lowest BCUT2D eigenvalue weighted by atomic mass is 9.99. The van der Waals surface area contributed by atoms with Gasteiger partial charge in [-0.25, -0.2) is 9.37 Å². The predicted molar refractivity (Wildman–Crippen MR) is 95.2 cm³/mol. The topological polar surface area (TPSA) is 74.8 Å². The minimum atomic E-state index is -0.569. The monoisotopic (exact) mass is 371 g/mol. The van der Waals surface area contributed by atoms with Gasteiger partial charge in [-0.2, -0.15) is 5.10 Å². The van der Waals surface area contributed by atoms with Crippen molar-refractivity contribution in [1.82, 2.24) is 20.2 Å². The predicted octanol–water partition coefficient (Wildman–Crippen LogP) is 3.25. The van der Waals surface area contributed by atoms with Crippen molar-refractivity contribution in [2.24, 2.45) is 5.92 Å². The first-order valence-electron chi connectivity index (χ1n) is 8.19. The maximum absolute atomic E-state index is 13.5. The summed E-state index contributed by atoms with van der Waals surface area (Å²) < 4.78 is 13.5. The Morgan fingerprint density at radius 1 is 1.31 bits per heavy atom. The van der Waals surface area contributed by atoms with E-state index in [1.54, 1.807) is 17.3 Å². The third-order valence-corrected chi connectivity index (χ3v) is 4.76. The molecule has 0 radical (unpaired) electrons. The zero-order chi connectivity index (χ0) is 18.1. The van der Waals surface area contributed by atoms with Gasteiger partial charge in [0, 0.05) is 42.7 Å². The lowest BCUT2D eigenvalue weighted by molar-refractivity contribution is -0.120. The van der Waals surface area contributed by atoms with Crippen molar-refractivity contribution in [1.29, 1.82) is 0 Å². The normalized spacial score (nSPS) is 17.1. The third-order valence-electron chi connectivity index (χ3n) is 4.48. The van der Waals surface area contributed by atoms with Crippen LogP contribution in [-0.4, -0.2) is 32.6 Å². The minimum Gasteiger partial charge on any atom is -0.295 e. The fraction of sp³-hybridized carbons (Fsp3) is 0.222. The van der Waals surface area contributed by atoms with E-state index in [1.807, 2.05) is 18.2 Å². The Morgan fingerprint density at radius 2 is 2.12 bits per heavy atom. The molecule has 1 fully saturated rings. The van der Waals surface area contributed by atoms with Crippen molar-refractivity contribution in [3.05, 3.63) is 59.4 Å². The molecule has 1 amide bonds. The highest BCUT2D eigenvalue weighted by atomic mass is 35.5. The fourth-order valence-corrected chi connectivity index (χ4v) is 3.24. The number of carbonyl (C=O) groups excluding carboxylic acids is 1. The molecule has 3 aromatic heterocycles. The summed E-state index contributed by atoms with van der Waals surface area (Å²) in [4.78, 5) is 22.2. The van der Waals surface area contributed by atoms with Gasteiger partial charge in [-0.15, -0.1) is 0 Å². The van der Waals surface area contributed by atoms with E-state index in [-0.39, 0.29) is 17.0 Å². The Balaban J connectivity index is 1.49. The Hall–Kier alpha value is -2.80. The van der Waals surface area contributed by atoms with E-state index in [2.05, 4.69) is 20.2 Å². The first-order chi connectivity index (χ1) is 12.6. The second-order valence-corrected chi connectivity index (χ2v) is 6.53. The first-order valence-corrected chi connectivity index (χ1v) is 8.57. The number of H-pyrrole nitrogens is 1. The number of aromatic amines is 1. The largest absolute Gasteiger partial charge is 0.295 e. The fourth-order valence-electron chi connectivity index (χ4n) is 3.14. The van der Waals surface area contributed by atoms with E-state index in [9.17, 15) is 9.18 Å². The van der Waals surface area contributed by atoms with Crippen LogP contribution >= 0.6 is 11.6 Å². The van der Waals surface area contributed by atoms with Gasteiger partial charge in [0.1, 0.15) is 0 Å². The molecule has 4 rings (SSSR count). The number of nitrogens with zero attached hydrogens (tertiary/aromatic N) is 4. The Labute approximate surface area is 154 Å². The van der Waals surface area contributed by atoms with Gasteiger partial charge in [0.05, 0.1) is 5.69 Å². The molecule has 6 nitrogen and oxygen atoms in total. The molecule has 1 aliphatic heterocycles. The van der Waals surface area contributed by atoms with E-state index < -0.39 is 5.82 Å². The molecule has 1 N–H and O–H groups in total. The molecule has 3 aromatic rings. The summed E-state index contributed by atoms with van der Waals surface area (Å²) in [6, 6.07) is 6.92. The van der Waals surface area contributed by atoms with Gasteiger partial charge in [0.25, 0.3) is 0 Å². The number of carbonyl (C=O) groups is 1. The number of hydrogen-bond donors (Lipinski definition) is 1. The number of halogens is 2. The molecule has 4 heterocycles. The standard InChI is InChI=1S/C18H15ClFN5O/c19-17-14(20)8-11(10-22-17)7-13-3-6-25(18(13)26)16-9-15(23-24-16)12-1-4-21-5-2-12/h1-2,4-5,8-10,13H,3,6-7H2,(H,23,24)/t13-/m1/s1. The molecule has 8 heteroatoms. The summed E-state index contributed by atoms with van der Waals surface area (Å²) >= 11 is 5.61. The second kappa shape index (κ2) is 6.84.